The van der Waals surface area contributed by atoms with Crippen LogP contribution in [0.3, 0.4) is 0 Å². The van der Waals surface area contributed by atoms with E-state index in [1.807, 2.05) is 48.5 Å². The van der Waals surface area contributed by atoms with Crippen molar-refractivity contribution >= 4 is 34.9 Å². The number of esters is 1. The summed E-state index contributed by atoms with van der Waals surface area (Å²) in [5.74, 6) is -1.64. The number of nitrogens with one attached hydrogen (secondary N) is 2. The van der Waals surface area contributed by atoms with Gasteiger partial charge in [-0.1, -0.05) is 78.9 Å². The quantitative estimate of drug-likeness (QED) is 0.119. The standard InChI is InChI=1S/C38H40N4O6/c1-3-48-38(46)35(39-28-20-22-29(47-2)23-21-28)34(37(44)45)41-33(27-15-8-5-9-16-27)30-17-10-11-18-31(30)40-36(43)32-19-12-24-42(32)25-26-13-6-4-7-14-26/h4-11,13-18,20-23,32,34-35,39H,3,12,19,24-25H2,1-2H3,(H,40,43)(H,44,45). The maximum absolute atomic E-state index is 13.8. The maximum atomic E-state index is 13.8. The van der Waals surface area contributed by atoms with Gasteiger partial charge < -0.3 is 25.2 Å². The molecule has 3 atom stereocenters. The molecule has 0 spiro atoms. The van der Waals surface area contributed by atoms with Crippen LogP contribution < -0.4 is 15.4 Å². The summed E-state index contributed by atoms with van der Waals surface area (Å²) in [6.07, 6.45) is 1.62. The molecule has 1 fully saturated rings. The van der Waals surface area contributed by atoms with Crippen molar-refractivity contribution in [3.8, 4) is 5.75 Å². The van der Waals surface area contributed by atoms with Gasteiger partial charge in [-0.15, -0.1) is 0 Å². The number of aliphatic imine (C=N–C) groups is 1. The fourth-order valence-electron chi connectivity index (χ4n) is 5.82. The van der Waals surface area contributed by atoms with Gasteiger partial charge >= 0.3 is 11.9 Å². The molecule has 1 amide bonds. The fraction of sp³-hybridized carbons (Fsp3) is 0.263. The normalized spacial score (nSPS) is 16.0. The van der Waals surface area contributed by atoms with Crippen LogP contribution in [-0.2, 0) is 25.7 Å². The van der Waals surface area contributed by atoms with Crippen LogP contribution in [0.5, 0.6) is 5.75 Å². The molecule has 3 unspecified atom stereocenters. The highest BCUT2D eigenvalue weighted by molar-refractivity contribution is 6.18. The van der Waals surface area contributed by atoms with E-state index in [9.17, 15) is 19.5 Å². The average molecular weight is 649 g/mol. The van der Waals surface area contributed by atoms with Gasteiger partial charge in [-0.25, -0.2) is 9.59 Å². The summed E-state index contributed by atoms with van der Waals surface area (Å²) in [4.78, 5) is 46.9. The minimum atomic E-state index is -1.60. The van der Waals surface area contributed by atoms with Gasteiger partial charge in [0.2, 0.25) is 5.91 Å². The number of hydrogen-bond acceptors (Lipinski definition) is 8. The molecule has 10 heteroatoms. The number of likely N-dealkylation sites (tertiary alicyclic amines) is 1. The van der Waals surface area contributed by atoms with Crippen molar-refractivity contribution in [1.82, 2.24) is 4.90 Å². The first kappa shape index (κ1) is 33.9. The largest absolute Gasteiger partial charge is 0.497 e. The van der Waals surface area contributed by atoms with E-state index in [4.69, 9.17) is 14.5 Å². The Morgan fingerprint density at radius 1 is 0.917 bits per heavy atom. The number of carboxylic acids is 1. The van der Waals surface area contributed by atoms with Crippen LogP contribution in [0.15, 0.2) is 114 Å². The van der Waals surface area contributed by atoms with E-state index in [0.717, 1.165) is 24.9 Å². The Balaban J connectivity index is 1.51. The number of nitrogens with zero attached hydrogens (tertiary/aromatic N) is 2. The lowest BCUT2D eigenvalue weighted by Gasteiger charge is -2.25. The highest BCUT2D eigenvalue weighted by Crippen LogP contribution is 2.26. The molecule has 0 aromatic heterocycles. The molecule has 3 N–H and O–H groups in total. The molecule has 48 heavy (non-hydrogen) atoms. The van der Waals surface area contributed by atoms with E-state index in [1.165, 1.54) is 0 Å². The van der Waals surface area contributed by atoms with Crippen molar-refractivity contribution in [2.75, 3.05) is 30.9 Å². The van der Waals surface area contributed by atoms with E-state index in [0.29, 0.717) is 40.5 Å². The Labute approximate surface area is 280 Å². The van der Waals surface area contributed by atoms with Crippen molar-refractivity contribution in [2.45, 2.75) is 44.4 Å². The number of para-hydroxylation sites is 1. The van der Waals surface area contributed by atoms with Gasteiger partial charge in [-0.3, -0.25) is 14.7 Å². The summed E-state index contributed by atoms with van der Waals surface area (Å²) in [7, 11) is 1.54. The summed E-state index contributed by atoms with van der Waals surface area (Å²) >= 11 is 0. The highest BCUT2D eigenvalue weighted by Gasteiger charge is 2.36. The van der Waals surface area contributed by atoms with E-state index in [2.05, 4.69) is 27.7 Å². The number of methoxy groups -OCH3 is 1. The molecule has 1 heterocycles. The molecule has 1 aliphatic rings. The number of amides is 1. The minimum Gasteiger partial charge on any atom is -0.497 e. The number of hydrogen-bond donors (Lipinski definition) is 3. The Bertz CT molecular complexity index is 1710. The van der Waals surface area contributed by atoms with Crippen molar-refractivity contribution in [3.05, 3.63) is 126 Å². The lowest BCUT2D eigenvalue weighted by molar-refractivity contribution is -0.149. The second kappa shape index (κ2) is 16.4. The van der Waals surface area contributed by atoms with E-state index >= 15 is 0 Å². The van der Waals surface area contributed by atoms with Crippen LogP contribution in [0.1, 0.15) is 36.5 Å². The first-order valence-corrected chi connectivity index (χ1v) is 16.0. The van der Waals surface area contributed by atoms with Crippen LogP contribution in [0, 0.1) is 0 Å². The monoisotopic (exact) mass is 648 g/mol. The zero-order chi connectivity index (χ0) is 33.9. The third-order valence-corrected chi connectivity index (χ3v) is 8.17. The summed E-state index contributed by atoms with van der Waals surface area (Å²) < 4.78 is 10.5. The van der Waals surface area contributed by atoms with Crippen molar-refractivity contribution in [2.24, 2.45) is 4.99 Å². The Morgan fingerprint density at radius 2 is 1.58 bits per heavy atom. The summed E-state index contributed by atoms with van der Waals surface area (Å²) in [5.41, 5.74) is 3.54. The van der Waals surface area contributed by atoms with Crippen molar-refractivity contribution < 1.29 is 29.0 Å². The first-order valence-electron chi connectivity index (χ1n) is 16.0. The smallest absolute Gasteiger partial charge is 0.331 e. The number of rotatable bonds is 14. The maximum Gasteiger partial charge on any atom is 0.331 e. The van der Waals surface area contributed by atoms with E-state index in [-0.39, 0.29) is 18.6 Å². The lowest BCUT2D eigenvalue weighted by Crippen LogP contribution is -2.45. The topological polar surface area (TPSA) is 130 Å². The number of carbonyl (C=O) groups excluding carboxylic acids is 2. The molecule has 10 nitrogen and oxygen atoms in total. The SMILES string of the molecule is CCOC(=O)C(Nc1ccc(OC)cc1)C(N=C(c1ccccc1)c1ccccc1NC(=O)C1CCCN1Cc1ccccc1)C(=O)O. The van der Waals surface area contributed by atoms with Gasteiger partial charge in [-0.05, 0) is 62.2 Å². The van der Waals surface area contributed by atoms with Gasteiger partial charge in [0, 0.05) is 23.4 Å². The second-order valence-corrected chi connectivity index (χ2v) is 11.4. The molecule has 4 aromatic carbocycles. The molecule has 0 bridgehead atoms. The molecular weight excluding hydrogens is 608 g/mol. The Morgan fingerprint density at radius 3 is 2.25 bits per heavy atom. The molecule has 1 saturated heterocycles. The third kappa shape index (κ3) is 8.45. The molecule has 1 aliphatic heterocycles. The molecule has 0 radical (unpaired) electrons. The molecule has 4 aromatic rings. The predicted octanol–water partition coefficient (Wildman–Crippen LogP) is 5.63. The van der Waals surface area contributed by atoms with Gasteiger partial charge in [0.05, 0.1) is 31.2 Å². The number of ether oxygens (including phenoxy) is 2. The number of carboxylic acid groups (broad SMARTS) is 1. The summed E-state index contributed by atoms with van der Waals surface area (Å²) in [6.45, 7) is 3.18. The molecule has 5 rings (SSSR count). The lowest BCUT2D eigenvalue weighted by atomic mass is 9.98. The van der Waals surface area contributed by atoms with Crippen LogP contribution in [0.4, 0.5) is 11.4 Å². The van der Waals surface area contributed by atoms with Crippen LogP contribution in [-0.4, -0.2) is 72.0 Å². The Kier molecular flexibility index (Phi) is 11.6. The first-order chi connectivity index (χ1) is 23.4. The summed E-state index contributed by atoms with van der Waals surface area (Å²) in [5, 5.41) is 16.7. The van der Waals surface area contributed by atoms with E-state index in [1.54, 1.807) is 62.6 Å². The van der Waals surface area contributed by atoms with Gasteiger partial charge in [0.1, 0.15) is 5.75 Å². The minimum absolute atomic E-state index is 0.0541. The zero-order valence-corrected chi connectivity index (χ0v) is 27.0. The van der Waals surface area contributed by atoms with Crippen LogP contribution >= 0.6 is 0 Å². The van der Waals surface area contributed by atoms with Crippen LogP contribution in [0.2, 0.25) is 0 Å². The molecular formula is C38H40N4O6. The predicted molar refractivity (Wildman–Crippen MR) is 185 cm³/mol. The molecule has 0 saturated carbocycles. The number of anilines is 2. The van der Waals surface area contributed by atoms with Gasteiger partial charge in [-0.2, -0.15) is 0 Å². The van der Waals surface area contributed by atoms with Crippen molar-refractivity contribution in [3.63, 3.8) is 0 Å². The molecule has 0 aliphatic carbocycles. The fourth-order valence-corrected chi connectivity index (χ4v) is 5.82. The average Bonchev–Trinajstić information content (AvgIpc) is 3.58. The van der Waals surface area contributed by atoms with Gasteiger partial charge in [0.25, 0.3) is 0 Å². The van der Waals surface area contributed by atoms with Gasteiger partial charge in [0.15, 0.2) is 12.1 Å². The Hall–Kier alpha value is -5.48. The summed E-state index contributed by atoms with van der Waals surface area (Å²) in [6, 6.07) is 29.8. The number of carbonyl (C=O) groups is 3. The van der Waals surface area contributed by atoms with E-state index < -0.39 is 24.0 Å². The molecule has 248 valence electrons. The number of benzene rings is 4. The highest BCUT2D eigenvalue weighted by atomic mass is 16.5. The zero-order valence-electron chi connectivity index (χ0n) is 27.0. The third-order valence-electron chi connectivity index (χ3n) is 8.17. The second-order valence-electron chi connectivity index (χ2n) is 11.4. The number of aliphatic carboxylic acids is 1. The van der Waals surface area contributed by atoms with Crippen LogP contribution in [0.25, 0.3) is 0 Å². The van der Waals surface area contributed by atoms with Crippen molar-refractivity contribution in [1.29, 1.82) is 0 Å².